The third-order valence-corrected chi connectivity index (χ3v) is 3.78. The minimum absolute atomic E-state index is 0.0375. The Morgan fingerprint density at radius 1 is 1.20 bits per heavy atom. The average Bonchev–Trinajstić information content (AvgIpc) is 2.66. The Hall–Kier alpha value is -1.10. The summed E-state index contributed by atoms with van der Waals surface area (Å²) < 4.78 is 4.97. The smallest absolute Gasteiger partial charge is 0.239 e. The van der Waals surface area contributed by atoms with Crippen molar-refractivity contribution in [2.24, 2.45) is 0 Å². The molecule has 0 spiro atoms. The summed E-state index contributed by atoms with van der Waals surface area (Å²) in [5, 5.41) is 3.07. The van der Waals surface area contributed by atoms with E-state index in [1.54, 1.807) is 12.0 Å². The maximum absolute atomic E-state index is 12.0. The largest absolute Gasteiger partial charge is 0.385 e. The monoisotopic (exact) mass is 284 g/mol. The molecule has 0 atom stereocenters. The van der Waals surface area contributed by atoms with Crippen molar-refractivity contribution < 1.29 is 14.3 Å². The van der Waals surface area contributed by atoms with Crippen LogP contribution in [0.15, 0.2) is 0 Å². The summed E-state index contributed by atoms with van der Waals surface area (Å²) in [6.45, 7) is 2.84. The van der Waals surface area contributed by atoms with Gasteiger partial charge in [0.25, 0.3) is 0 Å². The van der Waals surface area contributed by atoms with E-state index in [2.05, 4.69) is 5.32 Å². The van der Waals surface area contributed by atoms with Crippen LogP contribution in [0, 0.1) is 0 Å². The first kappa shape index (κ1) is 17.0. The van der Waals surface area contributed by atoms with Crippen LogP contribution in [0.25, 0.3) is 0 Å². The molecule has 0 heterocycles. The number of methoxy groups -OCH3 is 1. The second-order valence-corrected chi connectivity index (χ2v) is 5.54. The van der Waals surface area contributed by atoms with Crippen LogP contribution in [0.5, 0.6) is 0 Å². The molecule has 0 aromatic carbocycles. The molecule has 1 aliphatic carbocycles. The van der Waals surface area contributed by atoms with E-state index in [9.17, 15) is 9.59 Å². The van der Waals surface area contributed by atoms with Crippen molar-refractivity contribution >= 4 is 11.8 Å². The zero-order valence-corrected chi connectivity index (χ0v) is 12.8. The molecule has 116 valence electrons. The normalized spacial score (nSPS) is 16.5. The summed E-state index contributed by atoms with van der Waals surface area (Å²) in [5.74, 6) is -0.0957. The van der Waals surface area contributed by atoms with E-state index in [1.807, 2.05) is 0 Å². The topological polar surface area (TPSA) is 58.6 Å². The van der Waals surface area contributed by atoms with E-state index in [0.717, 1.165) is 19.3 Å². The number of hydrogen-bond donors (Lipinski definition) is 1. The second-order valence-electron chi connectivity index (χ2n) is 5.54. The number of rotatable bonds is 7. The minimum Gasteiger partial charge on any atom is -0.385 e. The molecule has 20 heavy (non-hydrogen) atoms. The Labute approximate surface area is 122 Å². The molecule has 1 N–H and O–H groups in total. The number of carbonyl (C=O) groups is 2. The molecule has 0 aliphatic heterocycles. The molecule has 5 heteroatoms. The molecule has 2 amide bonds. The molecule has 0 aromatic rings. The van der Waals surface area contributed by atoms with Gasteiger partial charge >= 0.3 is 0 Å². The van der Waals surface area contributed by atoms with E-state index >= 15 is 0 Å². The number of ether oxygens (including phenoxy) is 1. The lowest BCUT2D eigenvalue weighted by Gasteiger charge is -2.22. The van der Waals surface area contributed by atoms with Gasteiger partial charge in [-0.2, -0.15) is 0 Å². The van der Waals surface area contributed by atoms with Gasteiger partial charge in [0.1, 0.15) is 0 Å². The van der Waals surface area contributed by atoms with Gasteiger partial charge in [0.15, 0.2) is 0 Å². The van der Waals surface area contributed by atoms with Gasteiger partial charge in [-0.25, -0.2) is 0 Å². The minimum atomic E-state index is -0.0582. The first-order chi connectivity index (χ1) is 9.63. The van der Waals surface area contributed by atoms with E-state index in [1.165, 1.54) is 32.6 Å². The molecule has 0 aromatic heterocycles. The van der Waals surface area contributed by atoms with Crippen molar-refractivity contribution in [3.05, 3.63) is 0 Å². The average molecular weight is 284 g/mol. The number of nitrogens with zero attached hydrogens (tertiary/aromatic N) is 1. The van der Waals surface area contributed by atoms with E-state index in [4.69, 9.17) is 4.74 Å². The molecule has 1 saturated carbocycles. The summed E-state index contributed by atoms with van der Waals surface area (Å²) in [6, 6.07) is 0.290. The summed E-state index contributed by atoms with van der Waals surface area (Å²) in [5.41, 5.74) is 0. The highest BCUT2D eigenvalue weighted by atomic mass is 16.5. The Kier molecular flexibility index (Phi) is 8.26. The van der Waals surface area contributed by atoms with Crippen LogP contribution in [0.2, 0.25) is 0 Å². The SMILES string of the molecule is COCCCN(CC(=O)NC1CCCCCC1)C(C)=O. The lowest BCUT2D eigenvalue weighted by molar-refractivity contribution is -0.134. The molecule has 1 aliphatic rings. The van der Waals surface area contributed by atoms with Gasteiger partial charge in [0.05, 0.1) is 6.54 Å². The first-order valence-corrected chi connectivity index (χ1v) is 7.67. The number of amides is 2. The molecule has 1 fully saturated rings. The van der Waals surface area contributed by atoms with Gasteiger partial charge in [-0.3, -0.25) is 9.59 Å². The Bertz CT molecular complexity index is 299. The zero-order valence-electron chi connectivity index (χ0n) is 12.8. The molecule has 0 unspecified atom stereocenters. The van der Waals surface area contributed by atoms with E-state index in [-0.39, 0.29) is 24.4 Å². The first-order valence-electron chi connectivity index (χ1n) is 7.67. The highest BCUT2D eigenvalue weighted by Crippen LogP contribution is 2.17. The predicted octanol–water partition coefficient (Wildman–Crippen LogP) is 1.71. The van der Waals surface area contributed by atoms with Crippen LogP contribution in [-0.2, 0) is 14.3 Å². The zero-order chi connectivity index (χ0) is 14.8. The fourth-order valence-electron chi connectivity index (χ4n) is 2.62. The van der Waals surface area contributed by atoms with E-state index < -0.39 is 0 Å². The molecule has 0 bridgehead atoms. The second kappa shape index (κ2) is 9.75. The quantitative estimate of drug-likeness (QED) is 0.572. The summed E-state index contributed by atoms with van der Waals surface area (Å²) in [7, 11) is 1.64. The summed E-state index contributed by atoms with van der Waals surface area (Å²) >= 11 is 0. The van der Waals surface area contributed by atoms with Gasteiger partial charge in [0, 0.05) is 33.2 Å². The van der Waals surface area contributed by atoms with Crippen LogP contribution < -0.4 is 5.32 Å². The molecular weight excluding hydrogens is 256 g/mol. The lowest BCUT2D eigenvalue weighted by Crippen LogP contribution is -2.44. The fourth-order valence-corrected chi connectivity index (χ4v) is 2.62. The van der Waals surface area contributed by atoms with Gasteiger partial charge in [-0.1, -0.05) is 25.7 Å². The van der Waals surface area contributed by atoms with Crippen LogP contribution in [0.3, 0.4) is 0 Å². The summed E-state index contributed by atoms with van der Waals surface area (Å²) in [6.07, 6.45) is 7.80. The van der Waals surface area contributed by atoms with Crippen LogP contribution in [0.4, 0.5) is 0 Å². The molecule has 1 rings (SSSR count). The fraction of sp³-hybridized carbons (Fsp3) is 0.867. The number of nitrogens with one attached hydrogen (secondary N) is 1. The van der Waals surface area contributed by atoms with Gasteiger partial charge < -0.3 is 15.0 Å². The van der Waals surface area contributed by atoms with Crippen molar-refractivity contribution in [1.29, 1.82) is 0 Å². The molecular formula is C15H28N2O3. The maximum Gasteiger partial charge on any atom is 0.239 e. The van der Waals surface area contributed by atoms with E-state index in [0.29, 0.717) is 13.2 Å². The third-order valence-electron chi connectivity index (χ3n) is 3.78. The lowest BCUT2D eigenvalue weighted by atomic mass is 10.1. The Morgan fingerprint density at radius 3 is 2.40 bits per heavy atom. The third kappa shape index (κ3) is 6.89. The molecule has 0 saturated heterocycles. The molecule has 0 radical (unpaired) electrons. The van der Waals surface area contributed by atoms with Gasteiger partial charge in [-0.15, -0.1) is 0 Å². The van der Waals surface area contributed by atoms with Crippen molar-refractivity contribution in [3.63, 3.8) is 0 Å². The molecule has 5 nitrogen and oxygen atoms in total. The highest BCUT2D eigenvalue weighted by molar-refractivity contribution is 5.83. The summed E-state index contributed by atoms with van der Waals surface area (Å²) in [4.78, 5) is 25.1. The highest BCUT2D eigenvalue weighted by Gasteiger charge is 2.17. The van der Waals surface area contributed by atoms with Crippen LogP contribution in [-0.4, -0.2) is 49.6 Å². The van der Waals surface area contributed by atoms with Crippen LogP contribution >= 0.6 is 0 Å². The van der Waals surface area contributed by atoms with Crippen molar-refractivity contribution in [1.82, 2.24) is 10.2 Å². The standard InChI is InChI=1S/C15H28N2O3/c1-13(18)17(10-7-11-20-2)12-15(19)16-14-8-5-3-4-6-9-14/h14H,3-12H2,1-2H3,(H,16,19). The van der Waals surface area contributed by atoms with Gasteiger partial charge in [0.2, 0.25) is 11.8 Å². The number of carbonyl (C=O) groups excluding carboxylic acids is 2. The van der Waals surface area contributed by atoms with Crippen molar-refractivity contribution in [2.45, 2.75) is 57.9 Å². The Morgan fingerprint density at radius 2 is 1.85 bits per heavy atom. The Balaban J connectivity index is 2.34. The maximum atomic E-state index is 12.0. The predicted molar refractivity (Wildman–Crippen MR) is 78.4 cm³/mol. The number of hydrogen-bond acceptors (Lipinski definition) is 3. The van der Waals surface area contributed by atoms with Crippen LogP contribution in [0.1, 0.15) is 51.9 Å². The van der Waals surface area contributed by atoms with Gasteiger partial charge in [-0.05, 0) is 19.3 Å². The van der Waals surface area contributed by atoms with Crippen molar-refractivity contribution in [2.75, 3.05) is 26.8 Å². The van der Waals surface area contributed by atoms with Crippen molar-refractivity contribution in [3.8, 4) is 0 Å².